The van der Waals surface area contributed by atoms with Crippen LogP contribution in [0.3, 0.4) is 0 Å². The van der Waals surface area contributed by atoms with Gasteiger partial charge in [0.1, 0.15) is 0 Å². The van der Waals surface area contributed by atoms with E-state index in [0.717, 1.165) is 11.8 Å². The van der Waals surface area contributed by atoms with Crippen molar-refractivity contribution in [3.05, 3.63) is 29.8 Å². The van der Waals surface area contributed by atoms with Gasteiger partial charge >= 0.3 is 0 Å². The molecule has 106 valence electrons. The molecule has 1 aliphatic carbocycles. The first-order chi connectivity index (χ1) is 9.11. The monoisotopic (exact) mass is 277 g/mol. The summed E-state index contributed by atoms with van der Waals surface area (Å²) in [6, 6.07) is 10.1. The maximum absolute atomic E-state index is 3.85. The summed E-state index contributed by atoms with van der Waals surface area (Å²) < 4.78 is 0. The number of thioether (sulfide) groups is 1. The molecule has 1 fully saturated rings. The summed E-state index contributed by atoms with van der Waals surface area (Å²) in [6.07, 6.45) is 6.23. The Morgan fingerprint density at radius 2 is 1.84 bits per heavy atom. The van der Waals surface area contributed by atoms with E-state index in [1.54, 1.807) is 11.8 Å². The Balaban J connectivity index is 1.97. The fourth-order valence-electron chi connectivity index (χ4n) is 3.13. The first kappa shape index (κ1) is 14.9. The molecule has 1 aromatic rings. The average molecular weight is 277 g/mol. The number of hydrogen-bond acceptors (Lipinski definition) is 2. The molecule has 0 radical (unpaired) electrons. The first-order valence-corrected chi connectivity index (χ1v) is 8.74. The smallest absolute Gasteiger partial charge is 0.0294 e. The molecular formula is C17H27NS. The predicted molar refractivity (Wildman–Crippen MR) is 85.7 cm³/mol. The molecule has 0 bridgehead atoms. The molecule has 1 aromatic carbocycles. The zero-order valence-electron chi connectivity index (χ0n) is 12.6. The summed E-state index contributed by atoms with van der Waals surface area (Å²) in [7, 11) is 0. The summed E-state index contributed by atoms with van der Waals surface area (Å²) in [5, 5.41) is 3.85. The molecule has 0 amide bonds. The van der Waals surface area contributed by atoms with E-state index in [4.69, 9.17) is 0 Å². The van der Waals surface area contributed by atoms with Crippen LogP contribution in [0.15, 0.2) is 29.2 Å². The van der Waals surface area contributed by atoms with Crippen LogP contribution < -0.4 is 5.32 Å². The maximum atomic E-state index is 3.85. The van der Waals surface area contributed by atoms with Gasteiger partial charge in [-0.25, -0.2) is 0 Å². The van der Waals surface area contributed by atoms with Gasteiger partial charge in [-0.2, -0.15) is 0 Å². The Morgan fingerprint density at radius 3 is 2.47 bits per heavy atom. The molecule has 2 heteroatoms. The van der Waals surface area contributed by atoms with E-state index < -0.39 is 0 Å². The summed E-state index contributed by atoms with van der Waals surface area (Å²) in [5.74, 6) is 1.65. The standard InChI is InChI=1S/C17H27NS/c1-12-6-5-7-17(13(12)2)18-14(3)15-8-10-16(19-4)11-9-15/h8-14,17-18H,5-7H2,1-4H3. The average Bonchev–Trinajstić information content (AvgIpc) is 2.44. The van der Waals surface area contributed by atoms with E-state index >= 15 is 0 Å². The van der Waals surface area contributed by atoms with E-state index in [1.165, 1.54) is 29.7 Å². The van der Waals surface area contributed by atoms with Gasteiger partial charge in [0, 0.05) is 17.0 Å². The predicted octanol–water partition coefficient (Wildman–Crippen LogP) is 4.88. The van der Waals surface area contributed by atoms with Crippen molar-refractivity contribution in [3.63, 3.8) is 0 Å². The molecule has 0 saturated heterocycles. The molecule has 1 aliphatic rings. The van der Waals surface area contributed by atoms with Gasteiger partial charge in [0.15, 0.2) is 0 Å². The van der Waals surface area contributed by atoms with Gasteiger partial charge in [0.25, 0.3) is 0 Å². The highest BCUT2D eigenvalue weighted by molar-refractivity contribution is 7.98. The van der Waals surface area contributed by atoms with Crippen molar-refractivity contribution >= 4 is 11.8 Å². The second-order valence-electron chi connectivity index (χ2n) is 6.04. The quantitative estimate of drug-likeness (QED) is 0.787. The molecule has 1 saturated carbocycles. The lowest BCUT2D eigenvalue weighted by molar-refractivity contribution is 0.196. The number of benzene rings is 1. The summed E-state index contributed by atoms with van der Waals surface area (Å²) in [5.41, 5.74) is 1.41. The van der Waals surface area contributed by atoms with Crippen LogP contribution in [0.4, 0.5) is 0 Å². The van der Waals surface area contributed by atoms with Gasteiger partial charge in [-0.15, -0.1) is 11.8 Å². The lowest BCUT2D eigenvalue weighted by Gasteiger charge is -2.36. The van der Waals surface area contributed by atoms with Crippen LogP contribution in [0.5, 0.6) is 0 Å². The molecule has 0 heterocycles. The first-order valence-electron chi connectivity index (χ1n) is 7.51. The third kappa shape index (κ3) is 3.76. The number of rotatable bonds is 4. The van der Waals surface area contributed by atoms with Crippen LogP contribution in [0.1, 0.15) is 51.6 Å². The van der Waals surface area contributed by atoms with Crippen molar-refractivity contribution in [3.8, 4) is 0 Å². The molecule has 1 nitrogen and oxygen atoms in total. The van der Waals surface area contributed by atoms with E-state index in [1.807, 2.05) is 0 Å². The van der Waals surface area contributed by atoms with Crippen molar-refractivity contribution in [2.45, 2.75) is 57.0 Å². The minimum Gasteiger partial charge on any atom is -0.307 e. The fourth-order valence-corrected chi connectivity index (χ4v) is 3.54. The molecule has 4 unspecified atom stereocenters. The molecule has 4 atom stereocenters. The van der Waals surface area contributed by atoms with E-state index in [2.05, 4.69) is 56.6 Å². The van der Waals surface area contributed by atoms with Crippen LogP contribution in [0.2, 0.25) is 0 Å². The molecule has 0 spiro atoms. The Kier molecular flexibility index (Phi) is 5.35. The van der Waals surface area contributed by atoms with Crippen LogP contribution in [-0.2, 0) is 0 Å². The highest BCUT2D eigenvalue weighted by Gasteiger charge is 2.27. The highest BCUT2D eigenvalue weighted by atomic mass is 32.2. The minimum atomic E-state index is 0.452. The largest absolute Gasteiger partial charge is 0.307 e. The topological polar surface area (TPSA) is 12.0 Å². The van der Waals surface area contributed by atoms with Gasteiger partial charge in [-0.3, -0.25) is 0 Å². The molecular weight excluding hydrogens is 250 g/mol. The Hall–Kier alpha value is -0.470. The lowest BCUT2D eigenvalue weighted by atomic mass is 9.77. The van der Waals surface area contributed by atoms with Gasteiger partial charge in [0.2, 0.25) is 0 Å². The van der Waals surface area contributed by atoms with Crippen LogP contribution in [0.25, 0.3) is 0 Å². The molecule has 2 rings (SSSR count). The van der Waals surface area contributed by atoms with Crippen LogP contribution in [-0.4, -0.2) is 12.3 Å². The Bertz CT molecular complexity index is 387. The van der Waals surface area contributed by atoms with Crippen molar-refractivity contribution < 1.29 is 0 Å². The van der Waals surface area contributed by atoms with Crippen molar-refractivity contribution in [1.82, 2.24) is 5.32 Å². The van der Waals surface area contributed by atoms with Gasteiger partial charge < -0.3 is 5.32 Å². The highest BCUT2D eigenvalue weighted by Crippen LogP contribution is 2.31. The third-order valence-electron chi connectivity index (χ3n) is 4.79. The zero-order valence-corrected chi connectivity index (χ0v) is 13.5. The summed E-state index contributed by atoms with van der Waals surface area (Å²) in [6.45, 7) is 7.10. The van der Waals surface area contributed by atoms with E-state index in [0.29, 0.717) is 12.1 Å². The zero-order chi connectivity index (χ0) is 13.8. The SMILES string of the molecule is CSc1ccc(C(C)NC2CCCC(C)C2C)cc1. The van der Waals surface area contributed by atoms with Crippen molar-refractivity contribution in [2.75, 3.05) is 6.26 Å². The van der Waals surface area contributed by atoms with Crippen molar-refractivity contribution in [1.29, 1.82) is 0 Å². The minimum absolute atomic E-state index is 0.452. The lowest BCUT2D eigenvalue weighted by Crippen LogP contribution is -2.41. The fraction of sp³-hybridized carbons (Fsp3) is 0.647. The molecule has 0 aliphatic heterocycles. The second kappa shape index (κ2) is 6.81. The van der Waals surface area contributed by atoms with Gasteiger partial charge in [-0.05, 0) is 49.1 Å². The van der Waals surface area contributed by atoms with E-state index in [9.17, 15) is 0 Å². The Morgan fingerprint density at radius 1 is 1.16 bits per heavy atom. The molecule has 1 N–H and O–H groups in total. The Labute approximate surface area is 122 Å². The van der Waals surface area contributed by atoms with Gasteiger partial charge in [-0.1, -0.05) is 38.8 Å². The number of nitrogens with one attached hydrogen (secondary N) is 1. The van der Waals surface area contributed by atoms with Crippen LogP contribution in [0, 0.1) is 11.8 Å². The second-order valence-corrected chi connectivity index (χ2v) is 6.91. The summed E-state index contributed by atoms with van der Waals surface area (Å²) in [4.78, 5) is 1.34. The normalized spacial score (nSPS) is 29.2. The molecule has 19 heavy (non-hydrogen) atoms. The van der Waals surface area contributed by atoms with Crippen LogP contribution >= 0.6 is 11.8 Å². The third-order valence-corrected chi connectivity index (χ3v) is 5.53. The number of hydrogen-bond donors (Lipinski definition) is 1. The van der Waals surface area contributed by atoms with Gasteiger partial charge in [0.05, 0.1) is 0 Å². The maximum Gasteiger partial charge on any atom is 0.0294 e. The summed E-state index contributed by atoms with van der Waals surface area (Å²) >= 11 is 1.81. The van der Waals surface area contributed by atoms with E-state index in [-0.39, 0.29) is 0 Å². The van der Waals surface area contributed by atoms with Crippen molar-refractivity contribution in [2.24, 2.45) is 11.8 Å². The molecule has 0 aromatic heterocycles.